The van der Waals surface area contributed by atoms with E-state index in [1.165, 1.54) is 0 Å². The molecule has 1 aliphatic rings. The van der Waals surface area contributed by atoms with Crippen LogP contribution in [0, 0.1) is 5.92 Å². The molecule has 0 atom stereocenters. The smallest absolute Gasteiger partial charge is 0.169 e. The Hall–Kier alpha value is -1.10. The quantitative estimate of drug-likeness (QED) is 0.843. The molecule has 0 bridgehead atoms. The first-order valence-electron chi connectivity index (χ1n) is 5.95. The summed E-state index contributed by atoms with van der Waals surface area (Å²) in [5.74, 6) is 1.59. The first kappa shape index (κ1) is 11.4. The Morgan fingerprint density at radius 2 is 2.12 bits per heavy atom. The highest BCUT2D eigenvalue weighted by Gasteiger charge is 2.19. The molecule has 1 saturated heterocycles. The van der Waals surface area contributed by atoms with Crippen molar-refractivity contribution in [2.45, 2.75) is 39.2 Å². The molecular formula is C11H20N4O. The van der Waals surface area contributed by atoms with Crippen LogP contribution in [0.2, 0.25) is 0 Å². The van der Waals surface area contributed by atoms with Crippen molar-refractivity contribution in [1.29, 1.82) is 0 Å². The summed E-state index contributed by atoms with van der Waals surface area (Å²) in [7, 11) is 0. The zero-order chi connectivity index (χ0) is 11.5. The van der Waals surface area contributed by atoms with Gasteiger partial charge in [0, 0.05) is 19.8 Å². The average molecular weight is 224 g/mol. The summed E-state index contributed by atoms with van der Waals surface area (Å²) in [5, 5.41) is 8.09. The van der Waals surface area contributed by atoms with Gasteiger partial charge in [0.15, 0.2) is 5.82 Å². The van der Waals surface area contributed by atoms with Crippen LogP contribution in [0.3, 0.4) is 0 Å². The normalized spacial score (nSPS) is 18.2. The molecule has 5 nitrogen and oxygen atoms in total. The number of hydrogen-bond acceptors (Lipinski definition) is 4. The number of rotatable bonds is 3. The van der Waals surface area contributed by atoms with Gasteiger partial charge in [0.2, 0.25) is 0 Å². The number of nitrogen functional groups attached to an aromatic ring is 1. The van der Waals surface area contributed by atoms with Crippen molar-refractivity contribution in [3.05, 3.63) is 5.69 Å². The Bertz CT molecular complexity index is 342. The van der Waals surface area contributed by atoms with Gasteiger partial charge in [-0.1, -0.05) is 19.1 Å². The van der Waals surface area contributed by atoms with Gasteiger partial charge in [-0.3, -0.25) is 0 Å². The number of nitrogens with two attached hydrogens (primary N) is 1. The van der Waals surface area contributed by atoms with E-state index in [4.69, 9.17) is 10.5 Å². The van der Waals surface area contributed by atoms with Crippen LogP contribution in [0.15, 0.2) is 0 Å². The third-order valence-corrected chi connectivity index (χ3v) is 3.12. The Labute approximate surface area is 96.0 Å². The molecule has 1 aromatic heterocycles. The van der Waals surface area contributed by atoms with Crippen LogP contribution in [-0.2, 0) is 11.3 Å². The van der Waals surface area contributed by atoms with Gasteiger partial charge in [0.1, 0.15) is 0 Å². The van der Waals surface area contributed by atoms with Gasteiger partial charge in [-0.25, -0.2) is 4.68 Å². The third kappa shape index (κ3) is 2.35. The van der Waals surface area contributed by atoms with Crippen LogP contribution >= 0.6 is 0 Å². The van der Waals surface area contributed by atoms with E-state index in [-0.39, 0.29) is 0 Å². The second-order valence-electron chi connectivity index (χ2n) is 4.75. The van der Waals surface area contributed by atoms with Crippen molar-refractivity contribution in [2.75, 3.05) is 18.9 Å². The third-order valence-electron chi connectivity index (χ3n) is 3.12. The second-order valence-corrected chi connectivity index (χ2v) is 4.75. The summed E-state index contributed by atoms with van der Waals surface area (Å²) >= 11 is 0. The van der Waals surface area contributed by atoms with Crippen molar-refractivity contribution < 1.29 is 4.74 Å². The molecule has 1 aromatic rings. The second kappa shape index (κ2) is 4.82. The summed E-state index contributed by atoms with van der Waals surface area (Å²) in [6.07, 6.45) is 2.22. The summed E-state index contributed by atoms with van der Waals surface area (Å²) in [6.45, 7) is 6.89. The van der Waals surface area contributed by atoms with Gasteiger partial charge in [-0.2, -0.15) is 0 Å². The van der Waals surface area contributed by atoms with E-state index in [0.717, 1.165) is 38.3 Å². The molecule has 2 heterocycles. The highest BCUT2D eigenvalue weighted by atomic mass is 16.5. The van der Waals surface area contributed by atoms with Crippen molar-refractivity contribution in [3.63, 3.8) is 0 Å². The molecule has 2 rings (SSSR count). The maximum Gasteiger partial charge on any atom is 0.169 e. The largest absolute Gasteiger partial charge is 0.381 e. The van der Waals surface area contributed by atoms with Crippen LogP contribution < -0.4 is 5.73 Å². The lowest BCUT2D eigenvalue weighted by Gasteiger charge is -2.22. The number of nitrogens with zero attached hydrogens (tertiary/aromatic N) is 3. The molecule has 0 unspecified atom stereocenters. The van der Waals surface area contributed by atoms with E-state index < -0.39 is 0 Å². The summed E-state index contributed by atoms with van der Waals surface area (Å²) < 4.78 is 7.32. The van der Waals surface area contributed by atoms with Crippen LogP contribution in [0.1, 0.15) is 38.3 Å². The fraction of sp³-hybridized carbons (Fsp3) is 0.818. The van der Waals surface area contributed by atoms with Gasteiger partial charge in [-0.05, 0) is 24.7 Å². The lowest BCUT2D eigenvalue weighted by atomic mass is 10.00. The molecule has 2 N–H and O–H groups in total. The predicted molar refractivity (Wildman–Crippen MR) is 62.1 cm³/mol. The van der Waals surface area contributed by atoms with Crippen LogP contribution in [-0.4, -0.2) is 28.2 Å². The lowest BCUT2D eigenvalue weighted by molar-refractivity contribution is 0.0596. The van der Waals surface area contributed by atoms with E-state index in [1.807, 2.05) is 4.68 Å². The van der Waals surface area contributed by atoms with Gasteiger partial charge in [0.25, 0.3) is 0 Å². The first-order valence-corrected chi connectivity index (χ1v) is 5.95. The standard InChI is InChI=1S/C11H20N4O/c1-8(2)10-11(12)13-14-15(10)7-9-3-5-16-6-4-9/h8-9H,3-7,12H2,1-2H3. The van der Waals surface area contributed by atoms with Crippen molar-refractivity contribution >= 4 is 5.82 Å². The van der Waals surface area contributed by atoms with E-state index in [9.17, 15) is 0 Å². The van der Waals surface area contributed by atoms with Crippen molar-refractivity contribution in [1.82, 2.24) is 15.0 Å². The molecule has 0 aliphatic carbocycles. The number of ether oxygens (including phenoxy) is 1. The minimum absolute atomic E-state index is 0.370. The molecule has 0 spiro atoms. The zero-order valence-electron chi connectivity index (χ0n) is 10.0. The van der Waals surface area contributed by atoms with Crippen LogP contribution in [0.4, 0.5) is 5.82 Å². The van der Waals surface area contributed by atoms with Gasteiger partial charge in [0.05, 0.1) is 5.69 Å². The Kier molecular flexibility index (Phi) is 3.43. The highest BCUT2D eigenvalue weighted by molar-refractivity contribution is 5.35. The number of anilines is 1. The SMILES string of the molecule is CC(C)c1c(N)nnn1CC1CCOCC1. The maximum atomic E-state index is 5.83. The Balaban J connectivity index is 2.08. The number of aromatic nitrogens is 3. The highest BCUT2D eigenvalue weighted by Crippen LogP contribution is 2.23. The molecule has 1 fully saturated rings. The van der Waals surface area contributed by atoms with Crippen LogP contribution in [0.5, 0.6) is 0 Å². The van der Waals surface area contributed by atoms with E-state index in [2.05, 4.69) is 24.2 Å². The molecule has 1 aliphatic heterocycles. The molecule has 0 saturated carbocycles. The number of hydrogen-bond donors (Lipinski definition) is 1. The lowest BCUT2D eigenvalue weighted by Crippen LogP contribution is -2.22. The fourth-order valence-corrected chi connectivity index (χ4v) is 2.24. The molecule has 0 radical (unpaired) electrons. The van der Waals surface area contributed by atoms with Gasteiger partial charge < -0.3 is 10.5 Å². The molecule has 5 heteroatoms. The van der Waals surface area contributed by atoms with E-state index in [1.54, 1.807) is 0 Å². The molecule has 0 amide bonds. The van der Waals surface area contributed by atoms with E-state index in [0.29, 0.717) is 17.7 Å². The van der Waals surface area contributed by atoms with Crippen molar-refractivity contribution in [2.24, 2.45) is 5.92 Å². The maximum absolute atomic E-state index is 5.83. The van der Waals surface area contributed by atoms with Gasteiger partial charge in [-0.15, -0.1) is 5.10 Å². The zero-order valence-corrected chi connectivity index (χ0v) is 10.0. The van der Waals surface area contributed by atoms with Gasteiger partial charge >= 0.3 is 0 Å². The monoisotopic (exact) mass is 224 g/mol. The molecule has 90 valence electrons. The van der Waals surface area contributed by atoms with Crippen molar-refractivity contribution in [3.8, 4) is 0 Å². The Morgan fingerprint density at radius 1 is 1.44 bits per heavy atom. The molecule has 16 heavy (non-hydrogen) atoms. The van der Waals surface area contributed by atoms with E-state index >= 15 is 0 Å². The molecular weight excluding hydrogens is 204 g/mol. The predicted octanol–water partition coefficient (Wildman–Crippen LogP) is 1.41. The molecule has 0 aromatic carbocycles. The summed E-state index contributed by atoms with van der Waals surface area (Å²) in [4.78, 5) is 0. The summed E-state index contributed by atoms with van der Waals surface area (Å²) in [5.41, 5.74) is 6.89. The first-order chi connectivity index (χ1) is 7.68. The minimum atomic E-state index is 0.370. The fourth-order valence-electron chi connectivity index (χ4n) is 2.24. The average Bonchev–Trinajstić information content (AvgIpc) is 2.61. The Morgan fingerprint density at radius 3 is 2.75 bits per heavy atom. The minimum Gasteiger partial charge on any atom is -0.381 e. The van der Waals surface area contributed by atoms with Crippen LogP contribution in [0.25, 0.3) is 0 Å². The summed E-state index contributed by atoms with van der Waals surface area (Å²) in [6, 6.07) is 0. The topological polar surface area (TPSA) is 66.0 Å².